The van der Waals surface area contributed by atoms with Crippen molar-refractivity contribution in [3.8, 4) is 0 Å². The predicted octanol–water partition coefficient (Wildman–Crippen LogP) is 4.16. The molecular formula is C25H26F3N3O4. The first-order valence-corrected chi connectivity index (χ1v) is 11.5. The molecule has 0 radical (unpaired) electrons. The smallest absolute Gasteiger partial charge is 0.293 e. The minimum Gasteiger partial charge on any atom is -0.340 e. The van der Waals surface area contributed by atoms with Gasteiger partial charge in [-0.2, -0.15) is 0 Å². The molecule has 0 bridgehead atoms. The number of anilines is 1. The van der Waals surface area contributed by atoms with Gasteiger partial charge in [0, 0.05) is 42.8 Å². The van der Waals surface area contributed by atoms with Crippen molar-refractivity contribution in [3.63, 3.8) is 0 Å². The third-order valence-electron chi connectivity index (χ3n) is 6.62. The van der Waals surface area contributed by atoms with Gasteiger partial charge in [0.15, 0.2) is 5.78 Å². The number of rotatable bonds is 8. The number of carbonyl (C=O) groups excluding carboxylic acids is 4. The summed E-state index contributed by atoms with van der Waals surface area (Å²) in [5, 5.41) is 4.94. The Morgan fingerprint density at radius 1 is 1.14 bits per heavy atom. The Balaban J connectivity index is 1.56. The highest BCUT2D eigenvalue weighted by molar-refractivity contribution is 6.43. The van der Waals surface area contributed by atoms with Crippen LogP contribution in [0.5, 0.6) is 0 Å². The molecule has 4 rings (SSSR count). The number of ketones is 2. The Labute approximate surface area is 200 Å². The van der Waals surface area contributed by atoms with E-state index in [4.69, 9.17) is 0 Å². The Hall–Kier alpha value is -3.43. The van der Waals surface area contributed by atoms with Crippen LogP contribution in [0, 0.1) is 0 Å². The molecule has 1 aromatic heterocycles. The van der Waals surface area contributed by atoms with Gasteiger partial charge in [0.25, 0.3) is 23.5 Å². The van der Waals surface area contributed by atoms with Gasteiger partial charge < -0.3 is 15.2 Å². The fourth-order valence-corrected chi connectivity index (χ4v) is 4.88. The average molecular weight is 489 g/mol. The first-order chi connectivity index (χ1) is 16.5. The Morgan fingerprint density at radius 3 is 2.49 bits per heavy atom. The van der Waals surface area contributed by atoms with E-state index < -0.39 is 53.9 Å². The largest absolute Gasteiger partial charge is 0.340 e. The molecule has 0 saturated heterocycles. The van der Waals surface area contributed by atoms with Crippen LogP contribution in [0.15, 0.2) is 30.3 Å². The van der Waals surface area contributed by atoms with E-state index in [-0.39, 0.29) is 17.7 Å². The quantitative estimate of drug-likeness (QED) is 0.430. The van der Waals surface area contributed by atoms with E-state index in [9.17, 15) is 32.3 Å². The molecule has 7 nitrogen and oxygen atoms in total. The van der Waals surface area contributed by atoms with Crippen molar-refractivity contribution in [2.24, 2.45) is 0 Å². The summed E-state index contributed by atoms with van der Waals surface area (Å²) in [6.45, 7) is 3.34. The molecule has 1 atom stereocenters. The number of Topliss-reactive ketones (excluding diaryl/α,β-unsaturated/α-hetero) is 2. The summed E-state index contributed by atoms with van der Waals surface area (Å²) in [4.78, 5) is 51.0. The number of nitrogens with zero attached hydrogens (tertiary/aromatic N) is 1. The molecule has 1 unspecified atom stereocenters. The third-order valence-corrected chi connectivity index (χ3v) is 6.62. The molecule has 186 valence electrons. The molecular weight excluding hydrogens is 463 g/mol. The van der Waals surface area contributed by atoms with Crippen LogP contribution >= 0.6 is 0 Å². The maximum atomic E-state index is 13.6. The Morgan fingerprint density at radius 2 is 1.86 bits per heavy atom. The average Bonchev–Trinajstić information content (AvgIpc) is 3.39. The number of nitrogens with one attached hydrogen (secondary N) is 2. The monoisotopic (exact) mass is 489 g/mol. The zero-order valence-electron chi connectivity index (χ0n) is 19.4. The van der Waals surface area contributed by atoms with Gasteiger partial charge >= 0.3 is 0 Å². The lowest BCUT2D eigenvalue weighted by atomic mass is 9.69. The number of alkyl halides is 3. The highest BCUT2D eigenvalue weighted by atomic mass is 19.3. The highest BCUT2D eigenvalue weighted by Gasteiger charge is 2.61. The first kappa shape index (κ1) is 24.7. The summed E-state index contributed by atoms with van der Waals surface area (Å²) < 4.78 is 42.4. The topological polar surface area (TPSA) is 97.3 Å². The maximum Gasteiger partial charge on any atom is 0.293 e. The van der Waals surface area contributed by atoms with Crippen LogP contribution < -0.4 is 10.6 Å². The van der Waals surface area contributed by atoms with E-state index in [2.05, 4.69) is 10.6 Å². The number of aromatic nitrogens is 1. The van der Waals surface area contributed by atoms with Gasteiger partial charge in [-0.05, 0) is 43.5 Å². The normalized spacial score (nSPS) is 18.2. The van der Waals surface area contributed by atoms with Crippen molar-refractivity contribution < 1.29 is 32.3 Å². The van der Waals surface area contributed by atoms with E-state index in [1.807, 2.05) is 0 Å². The standard InChI is InChI=1S/C25H26F3N3O4/c1-3-20(32)24(12-25(27,28)13-24)30-23(35)21(33)17-11-19(31-9-5-8-18(17)31)22(34)29-16-7-4-6-15(10-16)14(2)26/h4,6-7,10-11,14H,3,5,8-9,12-13H2,1-2H3,(H,29,34)(H,30,35). The number of hydrogen-bond donors (Lipinski definition) is 2. The zero-order chi connectivity index (χ0) is 25.5. The molecule has 2 aromatic rings. The van der Waals surface area contributed by atoms with Crippen molar-refractivity contribution in [1.29, 1.82) is 0 Å². The van der Waals surface area contributed by atoms with Crippen LogP contribution in [0.4, 0.5) is 18.9 Å². The predicted molar refractivity (Wildman–Crippen MR) is 121 cm³/mol. The van der Waals surface area contributed by atoms with Crippen LogP contribution in [0.25, 0.3) is 0 Å². The van der Waals surface area contributed by atoms with Crippen molar-refractivity contribution in [3.05, 3.63) is 52.8 Å². The number of fused-ring (bicyclic) bond motifs is 1. The lowest BCUT2D eigenvalue weighted by molar-refractivity contribution is -0.163. The van der Waals surface area contributed by atoms with Gasteiger partial charge in [0.1, 0.15) is 17.4 Å². The van der Waals surface area contributed by atoms with E-state index in [1.165, 1.54) is 26.0 Å². The second-order valence-corrected chi connectivity index (χ2v) is 9.19. The maximum absolute atomic E-state index is 13.6. The van der Waals surface area contributed by atoms with Gasteiger partial charge in [-0.3, -0.25) is 19.2 Å². The molecule has 2 N–H and O–H groups in total. The molecule has 1 aromatic carbocycles. The van der Waals surface area contributed by atoms with Crippen molar-refractivity contribution in [2.45, 2.75) is 70.1 Å². The lowest BCUT2D eigenvalue weighted by Gasteiger charge is -2.46. The molecule has 2 aliphatic rings. The van der Waals surface area contributed by atoms with Gasteiger partial charge in [-0.1, -0.05) is 19.1 Å². The van der Waals surface area contributed by atoms with Crippen molar-refractivity contribution in [2.75, 3.05) is 5.32 Å². The van der Waals surface area contributed by atoms with Gasteiger partial charge in [0.2, 0.25) is 0 Å². The van der Waals surface area contributed by atoms with Gasteiger partial charge in [-0.25, -0.2) is 13.2 Å². The molecule has 10 heteroatoms. The fraction of sp³-hybridized carbons (Fsp3) is 0.440. The first-order valence-electron chi connectivity index (χ1n) is 11.5. The molecule has 2 amide bonds. The number of hydrogen-bond acceptors (Lipinski definition) is 4. The summed E-state index contributed by atoms with van der Waals surface area (Å²) in [7, 11) is 0. The summed E-state index contributed by atoms with van der Waals surface area (Å²) in [6.07, 6.45) is -1.86. The zero-order valence-corrected chi connectivity index (χ0v) is 19.4. The van der Waals surface area contributed by atoms with Crippen LogP contribution in [0.1, 0.15) is 77.8 Å². The minimum atomic E-state index is -3.08. The Kier molecular flexibility index (Phi) is 6.33. The number of carbonyl (C=O) groups is 4. The third kappa shape index (κ3) is 4.61. The molecule has 2 heterocycles. The van der Waals surface area contributed by atoms with Gasteiger partial charge in [-0.15, -0.1) is 0 Å². The summed E-state index contributed by atoms with van der Waals surface area (Å²) in [5.41, 5.74) is -0.332. The molecule has 1 aliphatic heterocycles. The van der Waals surface area contributed by atoms with E-state index >= 15 is 0 Å². The SMILES string of the molecule is CCC(=O)C1(NC(=O)C(=O)c2cc(C(=O)Nc3cccc(C(C)F)c3)n3c2CCC3)CC(F)(F)C1. The number of benzene rings is 1. The van der Waals surface area contributed by atoms with E-state index in [0.29, 0.717) is 36.3 Å². The van der Waals surface area contributed by atoms with E-state index in [0.717, 1.165) is 0 Å². The number of amides is 2. The molecule has 1 fully saturated rings. The Bertz CT molecular complexity index is 1210. The highest BCUT2D eigenvalue weighted by Crippen LogP contribution is 2.46. The molecule has 35 heavy (non-hydrogen) atoms. The van der Waals surface area contributed by atoms with Crippen LogP contribution in [0.2, 0.25) is 0 Å². The fourth-order valence-electron chi connectivity index (χ4n) is 4.88. The van der Waals surface area contributed by atoms with Crippen LogP contribution in [0.3, 0.4) is 0 Å². The van der Waals surface area contributed by atoms with Crippen molar-refractivity contribution >= 4 is 29.1 Å². The second-order valence-electron chi connectivity index (χ2n) is 9.19. The van der Waals surface area contributed by atoms with Gasteiger partial charge in [0.05, 0.1) is 0 Å². The summed E-state index contributed by atoms with van der Waals surface area (Å²) in [5.74, 6) is -6.31. The summed E-state index contributed by atoms with van der Waals surface area (Å²) in [6, 6.07) is 7.63. The molecule has 1 aliphatic carbocycles. The minimum absolute atomic E-state index is 0.00135. The summed E-state index contributed by atoms with van der Waals surface area (Å²) >= 11 is 0. The number of halogens is 3. The molecule has 1 saturated carbocycles. The van der Waals surface area contributed by atoms with Crippen molar-refractivity contribution in [1.82, 2.24) is 9.88 Å². The van der Waals surface area contributed by atoms with Crippen LogP contribution in [-0.2, 0) is 22.6 Å². The second kappa shape index (κ2) is 8.98. The van der Waals surface area contributed by atoms with E-state index in [1.54, 1.807) is 22.8 Å². The molecule has 0 spiro atoms. The van der Waals surface area contributed by atoms with Crippen LogP contribution in [-0.4, -0.2) is 39.4 Å². The lowest BCUT2D eigenvalue weighted by Crippen LogP contribution is -2.67.